The van der Waals surface area contributed by atoms with Crippen molar-refractivity contribution in [3.05, 3.63) is 47.4 Å². The van der Waals surface area contributed by atoms with Crippen molar-refractivity contribution in [1.29, 1.82) is 0 Å². The van der Waals surface area contributed by atoms with E-state index in [1.807, 2.05) is 6.07 Å². The molecule has 1 fully saturated rings. The van der Waals surface area contributed by atoms with Gasteiger partial charge in [0.1, 0.15) is 23.4 Å². The highest BCUT2D eigenvalue weighted by Gasteiger charge is 2.31. The summed E-state index contributed by atoms with van der Waals surface area (Å²) in [5.41, 5.74) is 2.65. The third-order valence-electron chi connectivity index (χ3n) is 4.11. The highest BCUT2D eigenvalue weighted by Crippen LogP contribution is 2.27. The van der Waals surface area contributed by atoms with Crippen molar-refractivity contribution in [3.63, 3.8) is 0 Å². The lowest BCUT2D eigenvalue weighted by Crippen LogP contribution is -2.54. The summed E-state index contributed by atoms with van der Waals surface area (Å²) in [5, 5.41) is 0. The van der Waals surface area contributed by atoms with Crippen LogP contribution in [0, 0.1) is 13.8 Å². The zero-order chi connectivity index (χ0) is 17.3. The van der Waals surface area contributed by atoms with Gasteiger partial charge in [0.25, 0.3) is 5.91 Å². The molecule has 3 rings (SSSR count). The first-order valence-corrected chi connectivity index (χ1v) is 7.97. The van der Waals surface area contributed by atoms with Crippen molar-refractivity contribution >= 4 is 11.7 Å². The Morgan fingerprint density at radius 1 is 1.21 bits per heavy atom. The maximum absolute atomic E-state index is 12.0. The number of benzene rings is 1. The van der Waals surface area contributed by atoms with Crippen LogP contribution in [0.4, 0.5) is 5.82 Å². The average molecular weight is 326 g/mol. The molecule has 0 spiro atoms. The molecule has 2 heterocycles. The first kappa shape index (κ1) is 16.2. The summed E-state index contributed by atoms with van der Waals surface area (Å²) in [6, 6.07) is 6.15. The fraction of sp³-hybridized carbons (Fsp3) is 0.389. The van der Waals surface area contributed by atoms with Crippen LogP contribution in [0.5, 0.6) is 5.75 Å². The SMILES string of the molecule is Cc1cccc(C)c1OC1CN(c2cncc(C(=O)N(C)C)n2)C1. The van der Waals surface area contributed by atoms with Crippen LogP contribution in [0.1, 0.15) is 21.6 Å². The molecule has 1 aromatic carbocycles. The predicted molar refractivity (Wildman–Crippen MR) is 92.6 cm³/mol. The minimum Gasteiger partial charge on any atom is -0.486 e. The Kier molecular flexibility index (Phi) is 4.38. The van der Waals surface area contributed by atoms with Crippen molar-refractivity contribution < 1.29 is 9.53 Å². The van der Waals surface area contributed by atoms with Crippen LogP contribution in [0.15, 0.2) is 30.6 Å². The Morgan fingerprint density at radius 3 is 2.50 bits per heavy atom. The van der Waals surface area contributed by atoms with Gasteiger partial charge in [-0.1, -0.05) is 18.2 Å². The highest BCUT2D eigenvalue weighted by molar-refractivity contribution is 5.91. The summed E-state index contributed by atoms with van der Waals surface area (Å²) in [6.07, 6.45) is 3.30. The normalized spacial score (nSPS) is 14.2. The van der Waals surface area contributed by atoms with Gasteiger partial charge in [-0.3, -0.25) is 9.78 Å². The van der Waals surface area contributed by atoms with Crippen molar-refractivity contribution in [2.24, 2.45) is 0 Å². The van der Waals surface area contributed by atoms with E-state index in [0.717, 1.165) is 30.0 Å². The molecular weight excluding hydrogens is 304 g/mol. The maximum Gasteiger partial charge on any atom is 0.273 e. The molecule has 0 radical (unpaired) electrons. The molecule has 0 bridgehead atoms. The predicted octanol–water partition coefficient (Wildman–Crippen LogP) is 2.06. The minimum absolute atomic E-state index is 0.125. The Labute approximate surface area is 142 Å². The zero-order valence-corrected chi connectivity index (χ0v) is 14.5. The van der Waals surface area contributed by atoms with Gasteiger partial charge in [-0.05, 0) is 25.0 Å². The fourth-order valence-corrected chi connectivity index (χ4v) is 2.69. The van der Waals surface area contributed by atoms with Gasteiger partial charge in [-0.15, -0.1) is 0 Å². The van der Waals surface area contributed by atoms with Gasteiger partial charge < -0.3 is 14.5 Å². The second kappa shape index (κ2) is 6.47. The van der Waals surface area contributed by atoms with Crippen molar-refractivity contribution in [1.82, 2.24) is 14.9 Å². The molecular formula is C18H22N4O2. The molecule has 1 saturated heterocycles. The molecule has 0 unspecified atom stereocenters. The largest absolute Gasteiger partial charge is 0.486 e. The van der Waals surface area contributed by atoms with E-state index in [1.165, 1.54) is 11.1 Å². The molecule has 0 saturated carbocycles. The number of amides is 1. The van der Waals surface area contributed by atoms with Crippen LogP contribution < -0.4 is 9.64 Å². The molecule has 2 aromatic rings. The van der Waals surface area contributed by atoms with Gasteiger partial charge >= 0.3 is 0 Å². The Bertz CT molecular complexity index is 734. The number of carbonyl (C=O) groups is 1. The summed E-state index contributed by atoms with van der Waals surface area (Å²) in [7, 11) is 3.41. The number of ether oxygens (including phenoxy) is 1. The first-order chi connectivity index (χ1) is 11.5. The van der Waals surface area contributed by atoms with Crippen molar-refractivity contribution in [3.8, 4) is 5.75 Å². The van der Waals surface area contributed by atoms with Crippen LogP contribution in [0.25, 0.3) is 0 Å². The molecule has 6 heteroatoms. The van der Waals surface area contributed by atoms with E-state index < -0.39 is 0 Å². The quantitative estimate of drug-likeness (QED) is 0.861. The van der Waals surface area contributed by atoms with Gasteiger partial charge in [0.05, 0.1) is 25.5 Å². The van der Waals surface area contributed by atoms with Gasteiger partial charge in [0.2, 0.25) is 0 Å². The third-order valence-corrected chi connectivity index (χ3v) is 4.11. The lowest BCUT2D eigenvalue weighted by Gasteiger charge is -2.40. The standard InChI is InChI=1S/C18H22N4O2/c1-12-6-5-7-13(2)17(12)24-14-10-22(11-14)16-9-19-8-15(20-16)18(23)21(3)4/h5-9,14H,10-11H2,1-4H3. The summed E-state index contributed by atoms with van der Waals surface area (Å²) in [5.74, 6) is 1.53. The number of aromatic nitrogens is 2. The average Bonchev–Trinajstić information content (AvgIpc) is 2.52. The number of aryl methyl sites for hydroxylation is 2. The second-order valence-electron chi connectivity index (χ2n) is 6.33. The Morgan fingerprint density at radius 2 is 1.88 bits per heavy atom. The number of rotatable bonds is 4. The molecule has 1 aliphatic rings. The molecule has 6 nitrogen and oxygen atoms in total. The van der Waals surface area contributed by atoms with E-state index in [1.54, 1.807) is 20.3 Å². The van der Waals surface area contributed by atoms with Crippen LogP contribution in [-0.4, -0.2) is 54.1 Å². The van der Waals surface area contributed by atoms with Crippen LogP contribution in [0.2, 0.25) is 0 Å². The van der Waals surface area contributed by atoms with E-state index >= 15 is 0 Å². The van der Waals surface area contributed by atoms with Crippen molar-refractivity contribution in [2.75, 3.05) is 32.1 Å². The topological polar surface area (TPSA) is 58.6 Å². The molecule has 126 valence electrons. The number of para-hydroxylation sites is 1. The lowest BCUT2D eigenvalue weighted by atomic mass is 10.1. The number of hydrogen-bond donors (Lipinski definition) is 0. The van der Waals surface area contributed by atoms with Gasteiger partial charge in [0, 0.05) is 14.1 Å². The van der Waals surface area contributed by atoms with E-state index in [4.69, 9.17) is 4.74 Å². The van der Waals surface area contributed by atoms with Crippen LogP contribution >= 0.6 is 0 Å². The summed E-state index contributed by atoms with van der Waals surface area (Å²) >= 11 is 0. The summed E-state index contributed by atoms with van der Waals surface area (Å²) in [4.78, 5) is 24.1. The molecule has 24 heavy (non-hydrogen) atoms. The number of nitrogens with zero attached hydrogens (tertiary/aromatic N) is 4. The molecule has 0 N–H and O–H groups in total. The van der Waals surface area contributed by atoms with E-state index in [0.29, 0.717) is 11.5 Å². The highest BCUT2D eigenvalue weighted by atomic mass is 16.5. The van der Waals surface area contributed by atoms with Crippen LogP contribution in [-0.2, 0) is 0 Å². The number of carbonyl (C=O) groups excluding carboxylic acids is 1. The van der Waals surface area contributed by atoms with E-state index in [2.05, 4.69) is 40.8 Å². The number of hydrogen-bond acceptors (Lipinski definition) is 5. The maximum atomic E-state index is 12.0. The monoisotopic (exact) mass is 326 g/mol. The third kappa shape index (κ3) is 3.18. The first-order valence-electron chi connectivity index (χ1n) is 7.97. The zero-order valence-electron chi connectivity index (χ0n) is 14.5. The molecule has 1 aromatic heterocycles. The Hall–Kier alpha value is -2.63. The molecule has 1 amide bonds. The summed E-state index contributed by atoms with van der Waals surface area (Å²) in [6.45, 7) is 5.59. The summed E-state index contributed by atoms with van der Waals surface area (Å²) < 4.78 is 6.11. The van der Waals surface area contributed by atoms with E-state index in [-0.39, 0.29) is 12.0 Å². The van der Waals surface area contributed by atoms with Crippen molar-refractivity contribution in [2.45, 2.75) is 20.0 Å². The number of anilines is 1. The molecule has 0 aliphatic carbocycles. The van der Waals surface area contributed by atoms with E-state index in [9.17, 15) is 4.79 Å². The lowest BCUT2D eigenvalue weighted by molar-refractivity contribution is 0.0821. The smallest absolute Gasteiger partial charge is 0.273 e. The molecule has 1 aliphatic heterocycles. The molecule has 0 atom stereocenters. The van der Waals surface area contributed by atoms with Gasteiger partial charge in [-0.2, -0.15) is 0 Å². The van der Waals surface area contributed by atoms with Gasteiger partial charge in [0.15, 0.2) is 0 Å². The minimum atomic E-state index is -0.145. The fourth-order valence-electron chi connectivity index (χ4n) is 2.69. The van der Waals surface area contributed by atoms with Crippen LogP contribution in [0.3, 0.4) is 0 Å². The Balaban J connectivity index is 1.65. The van der Waals surface area contributed by atoms with Gasteiger partial charge in [-0.25, -0.2) is 4.98 Å². The second-order valence-corrected chi connectivity index (χ2v) is 6.33.